The first-order valence-corrected chi connectivity index (χ1v) is 25.8. The summed E-state index contributed by atoms with van der Waals surface area (Å²) in [6.07, 6.45) is 4.90. The molecule has 0 amide bonds. The third-order valence-electron chi connectivity index (χ3n) is 16.4. The second-order valence-electron chi connectivity index (χ2n) is 26.2. The summed E-state index contributed by atoms with van der Waals surface area (Å²) in [5.41, 5.74) is 21.6. The topological polar surface area (TPSA) is 19.4 Å². The molecule has 0 radical (unpaired) electrons. The van der Waals surface area contributed by atoms with E-state index in [0.717, 1.165) is 5.01 Å². The lowest BCUT2D eigenvalue weighted by atomic mass is 9.35. The zero-order valence-electron chi connectivity index (χ0n) is 43.3. The van der Waals surface area contributed by atoms with Gasteiger partial charge in [0.2, 0.25) is 0 Å². The molecule has 2 atom stereocenters. The second kappa shape index (κ2) is 14.5. The highest BCUT2D eigenvalue weighted by atomic mass is 32.1. The summed E-state index contributed by atoms with van der Waals surface area (Å²) in [5.74, 6) is 0. The first-order chi connectivity index (χ1) is 30.6. The average Bonchev–Trinajstić information content (AvgIpc) is 3.76. The number of benzene rings is 5. The van der Waals surface area contributed by atoms with Crippen LogP contribution in [0.3, 0.4) is 0 Å². The van der Waals surface area contributed by atoms with Gasteiger partial charge in [-0.2, -0.15) is 0 Å². The van der Waals surface area contributed by atoms with Gasteiger partial charge in [-0.05, 0) is 127 Å². The van der Waals surface area contributed by atoms with Crippen LogP contribution in [-0.4, -0.2) is 17.2 Å². The summed E-state index contributed by atoms with van der Waals surface area (Å²) in [5, 5.41) is 2.31. The Morgan fingerprint density at radius 3 is 1.62 bits per heavy atom. The van der Waals surface area contributed by atoms with Gasteiger partial charge in [-0.3, -0.25) is 0 Å². The van der Waals surface area contributed by atoms with Gasteiger partial charge in [0.05, 0.1) is 11.1 Å². The van der Waals surface area contributed by atoms with Crippen molar-refractivity contribution >= 4 is 62.3 Å². The lowest BCUT2D eigenvalue weighted by molar-refractivity contribution is 0.193. The Morgan fingerprint density at radius 2 is 1.06 bits per heavy atom. The molecular formula is C61H74BN3S. The Labute approximate surface area is 402 Å². The molecule has 4 heterocycles. The molecule has 5 aromatic carbocycles. The van der Waals surface area contributed by atoms with Crippen LogP contribution in [0.2, 0.25) is 0 Å². The first-order valence-electron chi connectivity index (χ1n) is 25.0. The summed E-state index contributed by atoms with van der Waals surface area (Å²) >= 11 is 1.87. The number of aromatic nitrogens is 1. The van der Waals surface area contributed by atoms with Crippen molar-refractivity contribution in [2.24, 2.45) is 0 Å². The molecule has 1 saturated carbocycles. The summed E-state index contributed by atoms with van der Waals surface area (Å²) in [6, 6.07) is 36.0. The normalized spacial score (nSPS) is 20.3. The quantitative estimate of drug-likeness (QED) is 0.165. The van der Waals surface area contributed by atoms with Gasteiger partial charge in [0.15, 0.2) is 0 Å². The molecule has 66 heavy (non-hydrogen) atoms. The minimum Gasteiger partial charge on any atom is -0.335 e. The average molecular weight is 892 g/mol. The van der Waals surface area contributed by atoms with Crippen LogP contribution in [0.1, 0.15) is 177 Å². The molecule has 10 rings (SSSR count). The van der Waals surface area contributed by atoms with Crippen molar-refractivity contribution in [2.75, 3.05) is 9.80 Å². The van der Waals surface area contributed by atoms with Crippen molar-refractivity contribution < 1.29 is 0 Å². The minimum atomic E-state index is -0.0721. The highest BCUT2D eigenvalue weighted by Gasteiger charge is 2.63. The van der Waals surface area contributed by atoms with E-state index in [1.165, 1.54) is 114 Å². The molecule has 0 bridgehead atoms. The molecule has 0 saturated heterocycles. The zero-order valence-corrected chi connectivity index (χ0v) is 44.1. The molecule has 0 spiro atoms. The van der Waals surface area contributed by atoms with Crippen molar-refractivity contribution in [3.8, 4) is 21.7 Å². The van der Waals surface area contributed by atoms with E-state index in [9.17, 15) is 0 Å². The third kappa shape index (κ3) is 6.81. The number of hydrogen-bond donors (Lipinski definition) is 0. The maximum Gasteiger partial charge on any atom is 0.276 e. The van der Waals surface area contributed by atoms with Gasteiger partial charge in [0, 0.05) is 33.7 Å². The van der Waals surface area contributed by atoms with Crippen LogP contribution in [0, 0.1) is 0 Å². The van der Waals surface area contributed by atoms with Gasteiger partial charge in [-0.15, -0.1) is 0 Å². The molecule has 342 valence electrons. The monoisotopic (exact) mass is 892 g/mol. The van der Waals surface area contributed by atoms with Crippen molar-refractivity contribution in [2.45, 2.75) is 181 Å². The summed E-state index contributed by atoms with van der Waals surface area (Å²) < 4.78 is 0. The predicted molar refractivity (Wildman–Crippen MR) is 289 cm³/mol. The molecule has 5 heteroatoms. The third-order valence-corrected chi connectivity index (χ3v) is 17.5. The van der Waals surface area contributed by atoms with Gasteiger partial charge in [0.25, 0.3) is 6.71 Å². The van der Waals surface area contributed by atoms with Gasteiger partial charge in [-0.25, -0.2) is 4.98 Å². The molecule has 0 N–H and O–H groups in total. The van der Waals surface area contributed by atoms with Crippen molar-refractivity contribution in [1.82, 2.24) is 4.98 Å². The van der Waals surface area contributed by atoms with E-state index >= 15 is 0 Å². The number of nitrogens with zero attached hydrogens (tertiary/aromatic N) is 3. The minimum absolute atomic E-state index is 0.000120. The van der Waals surface area contributed by atoms with E-state index in [0.29, 0.717) is 0 Å². The lowest BCUT2D eigenvalue weighted by Crippen LogP contribution is -2.64. The molecule has 3 aliphatic heterocycles. The first kappa shape index (κ1) is 45.2. The van der Waals surface area contributed by atoms with Gasteiger partial charge >= 0.3 is 0 Å². The molecule has 4 aliphatic rings. The smallest absolute Gasteiger partial charge is 0.276 e. The number of anilines is 5. The Balaban J connectivity index is 1.27. The SMILES string of the molecule is CC(C)(C)c1ccc(-c2ccc(-c3nc4c(s3)N(c3cc(C(C)(C)C)cc(C(C)(C)C)c3)c3cc(C(C)(C)C)cc5c3B4c3ccc(C(C)(C)C)c4c3N5C3(C)CCCCC43C)cc2)cc1. The van der Waals surface area contributed by atoms with Crippen LogP contribution in [0.4, 0.5) is 27.8 Å². The van der Waals surface area contributed by atoms with Gasteiger partial charge < -0.3 is 9.80 Å². The Kier molecular flexibility index (Phi) is 9.90. The highest BCUT2D eigenvalue weighted by molar-refractivity contribution is 7.22. The van der Waals surface area contributed by atoms with Crippen molar-refractivity contribution in [3.63, 3.8) is 0 Å². The largest absolute Gasteiger partial charge is 0.335 e. The molecule has 1 aliphatic carbocycles. The molecule has 3 nitrogen and oxygen atoms in total. The Bertz CT molecular complexity index is 2890. The van der Waals surface area contributed by atoms with E-state index < -0.39 is 0 Å². The fourth-order valence-corrected chi connectivity index (χ4v) is 13.2. The summed E-state index contributed by atoms with van der Waals surface area (Å²) in [4.78, 5) is 11.5. The fraction of sp³-hybridized carbons (Fsp3) is 0.459. The van der Waals surface area contributed by atoms with Crippen LogP contribution >= 0.6 is 11.3 Å². The van der Waals surface area contributed by atoms with E-state index in [1.54, 1.807) is 5.56 Å². The van der Waals surface area contributed by atoms with E-state index in [4.69, 9.17) is 4.98 Å². The molecule has 6 aromatic rings. The summed E-state index contributed by atoms with van der Waals surface area (Å²) in [6.45, 7) is 40.8. The van der Waals surface area contributed by atoms with Crippen LogP contribution < -0.4 is 26.3 Å². The Morgan fingerprint density at radius 1 is 0.545 bits per heavy atom. The number of fused-ring (bicyclic) bond motifs is 7. The molecular weight excluding hydrogens is 818 g/mol. The molecule has 1 fully saturated rings. The number of rotatable bonds is 3. The Hall–Kier alpha value is -4.61. The predicted octanol–water partition coefficient (Wildman–Crippen LogP) is 15.3. The van der Waals surface area contributed by atoms with Crippen LogP contribution in [0.15, 0.2) is 91.0 Å². The van der Waals surface area contributed by atoms with Crippen LogP contribution in [0.5, 0.6) is 0 Å². The van der Waals surface area contributed by atoms with E-state index in [2.05, 4.69) is 218 Å². The molecule has 2 unspecified atom stereocenters. The maximum absolute atomic E-state index is 5.91. The number of thiazole rings is 1. The zero-order chi connectivity index (χ0) is 47.5. The summed E-state index contributed by atoms with van der Waals surface area (Å²) in [7, 11) is 0. The van der Waals surface area contributed by atoms with Crippen LogP contribution in [-0.2, 0) is 32.5 Å². The number of hydrogen-bond acceptors (Lipinski definition) is 4. The van der Waals surface area contributed by atoms with Crippen molar-refractivity contribution in [3.05, 3.63) is 124 Å². The van der Waals surface area contributed by atoms with E-state index in [-0.39, 0.29) is 44.7 Å². The van der Waals surface area contributed by atoms with Crippen molar-refractivity contribution in [1.29, 1.82) is 0 Å². The van der Waals surface area contributed by atoms with E-state index in [1.807, 2.05) is 11.3 Å². The fourth-order valence-electron chi connectivity index (χ4n) is 12.0. The standard InChI is InChI=1S/C61H74BN3S/c1-55(2,3)40-26-24-38(25-27-40)37-20-22-39(23-21-37)53-63-52-54(66-53)64(44-33-41(56(4,5)6)32-42(34-44)57(7,8)9)47-35-43(58(10,11)12)36-48-50(47)62(52)46-29-28-45(59(13,14)15)49-51(46)65(48)61(17)31-19-18-30-60(49,61)16/h20-29,32-36H,18-19,30-31H2,1-17H3. The second-order valence-corrected chi connectivity index (χ2v) is 27.1. The van der Waals surface area contributed by atoms with Crippen LogP contribution in [0.25, 0.3) is 21.7 Å². The van der Waals surface area contributed by atoms with Gasteiger partial charge in [-0.1, -0.05) is 202 Å². The highest BCUT2D eigenvalue weighted by Crippen LogP contribution is 2.64. The lowest BCUT2D eigenvalue weighted by Gasteiger charge is -2.53. The maximum atomic E-state index is 5.91. The van der Waals surface area contributed by atoms with Gasteiger partial charge in [0.1, 0.15) is 10.0 Å². The molecule has 1 aromatic heterocycles.